The molecule has 0 aliphatic carbocycles. The SMILES string of the molecule is CC(C)CN(CC(N)C(=O)O)C(C)C. The van der Waals surface area contributed by atoms with E-state index in [1.165, 1.54) is 0 Å². The van der Waals surface area contributed by atoms with Crippen molar-refractivity contribution in [2.75, 3.05) is 13.1 Å². The van der Waals surface area contributed by atoms with Crippen LogP contribution in [0.5, 0.6) is 0 Å². The minimum absolute atomic E-state index is 0.336. The second-order valence-electron chi connectivity index (χ2n) is 4.39. The van der Waals surface area contributed by atoms with E-state index in [-0.39, 0.29) is 0 Å². The lowest BCUT2D eigenvalue weighted by atomic mass is 10.1. The van der Waals surface area contributed by atoms with Gasteiger partial charge in [0.15, 0.2) is 0 Å². The number of carboxylic acid groups (broad SMARTS) is 1. The Balaban J connectivity index is 4.16. The molecule has 4 heteroatoms. The summed E-state index contributed by atoms with van der Waals surface area (Å²) in [6.07, 6.45) is 0. The lowest BCUT2D eigenvalue weighted by Crippen LogP contribution is -2.46. The molecule has 0 aromatic carbocycles. The third-order valence-electron chi connectivity index (χ3n) is 2.08. The van der Waals surface area contributed by atoms with Crippen molar-refractivity contribution in [3.05, 3.63) is 0 Å². The van der Waals surface area contributed by atoms with Crippen molar-refractivity contribution in [2.45, 2.75) is 39.8 Å². The van der Waals surface area contributed by atoms with Crippen molar-refractivity contribution >= 4 is 5.97 Å². The molecule has 4 nitrogen and oxygen atoms in total. The molecule has 0 aliphatic heterocycles. The Morgan fingerprint density at radius 1 is 1.29 bits per heavy atom. The van der Waals surface area contributed by atoms with E-state index in [2.05, 4.69) is 32.6 Å². The number of nitrogens with two attached hydrogens (primary N) is 1. The minimum atomic E-state index is -0.931. The Bertz CT molecular complexity index is 181. The Kier molecular flexibility index (Phi) is 5.72. The largest absolute Gasteiger partial charge is 0.480 e. The van der Waals surface area contributed by atoms with Crippen LogP contribution in [0.2, 0.25) is 0 Å². The zero-order chi connectivity index (χ0) is 11.3. The van der Waals surface area contributed by atoms with E-state index in [1.807, 2.05) is 0 Å². The highest BCUT2D eigenvalue weighted by molar-refractivity contribution is 5.73. The van der Waals surface area contributed by atoms with Gasteiger partial charge in [0.05, 0.1) is 0 Å². The van der Waals surface area contributed by atoms with E-state index in [9.17, 15) is 4.79 Å². The van der Waals surface area contributed by atoms with Crippen LogP contribution in [0.3, 0.4) is 0 Å². The van der Waals surface area contributed by atoms with Gasteiger partial charge in [-0.1, -0.05) is 13.8 Å². The molecule has 0 aromatic heterocycles. The maximum Gasteiger partial charge on any atom is 0.321 e. The molecule has 0 heterocycles. The number of carbonyl (C=O) groups is 1. The van der Waals surface area contributed by atoms with Gasteiger partial charge in [-0.05, 0) is 19.8 Å². The van der Waals surface area contributed by atoms with Gasteiger partial charge in [-0.2, -0.15) is 0 Å². The Hall–Kier alpha value is -0.610. The standard InChI is InChI=1S/C10H22N2O2/c1-7(2)5-12(8(3)4)6-9(11)10(13)14/h7-9H,5-6,11H2,1-4H3,(H,13,14). The van der Waals surface area contributed by atoms with Gasteiger partial charge in [0.25, 0.3) is 0 Å². The van der Waals surface area contributed by atoms with E-state index in [4.69, 9.17) is 10.8 Å². The van der Waals surface area contributed by atoms with Gasteiger partial charge in [-0.3, -0.25) is 9.69 Å². The van der Waals surface area contributed by atoms with Crippen LogP contribution in [0.1, 0.15) is 27.7 Å². The first-order valence-electron chi connectivity index (χ1n) is 5.07. The van der Waals surface area contributed by atoms with Gasteiger partial charge in [0.1, 0.15) is 6.04 Å². The van der Waals surface area contributed by atoms with E-state index in [1.54, 1.807) is 0 Å². The van der Waals surface area contributed by atoms with Crippen molar-refractivity contribution in [2.24, 2.45) is 11.7 Å². The molecule has 0 saturated carbocycles. The first kappa shape index (κ1) is 13.4. The van der Waals surface area contributed by atoms with Crippen LogP contribution in [-0.2, 0) is 4.79 Å². The first-order chi connectivity index (χ1) is 6.34. The van der Waals surface area contributed by atoms with Gasteiger partial charge in [-0.25, -0.2) is 0 Å². The van der Waals surface area contributed by atoms with Crippen molar-refractivity contribution in [3.8, 4) is 0 Å². The molecular formula is C10H22N2O2. The van der Waals surface area contributed by atoms with Crippen LogP contribution >= 0.6 is 0 Å². The van der Waals surface area contributed by atoms with Crippen LogP contribution in [0.25, 0.3) is 0 Å². The predicted octanol–water partition coefficient (Wildman–Crippen LogP) is 0.765. The summed E-state index contributed by atoms with van der Waals surface area (Å²) in [5.74, 6) is -0.405. The van der Waals surface area contributed by atoms with Crippen LogP contribution in [-0.4, -0.2) is 41.1 Å². The monoisotopic (exact) mass is 202 g/mol. The first-order valence-corrected chi connectivity index (χ1v) is 5.07. The average molecular weight is 202 g/mol. The highest BCUT2D eigenvalue weighted by atomic mass is 16.4. The summed E-state index contributed by atoms with van der Waals surface area (Å²) >= 11 is 0. The number of nitrogens with zero attached hydrogens (tertiary/aromatic N) is 1. The van der Waals surface area contributed by atoms with Crippen LogP contribution < -0.4 is 5.73 Å². The van der Waals surface area contributed by atoms with Crippen LogP contribution in [0, 0.1) is 5.92 Å². The molecule has 84 valence electrons. The van der Waals surface area contributed by atoms with Crippen molar-refractivity contribution in [1.82, 2.24) is 4.90 Å². The molecule has 0 rings (SSSR count). The zero-order valence-electron chi connectivity index (χ0n) is 9.53. The molecule has 1 atom stereocenters. The highest BCUT2D eigenvalue weighted by Crippen LogP contribution is 2.04. The molecule has 1 unspecified atom stereocenters. The quantitative estimate of drug-likeness (QED) is 0.667. The van der Waals surface area contributed by atoms with E-state index in [0.717, 1.165) is 6.54 Å². The number of rotatable bonds is 6. The summed E-state index contributed by atoms with van der Waals surface area (Å²) in [5, 5.41) is 8.70. The van der Waals surface area contributed by atoms with E-state index < -0.39 is 12.0 Å². The molecule has 0 radical (unpaired) electrons. The van der Waals surface area contributed by atoms with Gasteiger partial charge < -0.3 is 10.8 Å². The number of hydrogen-bond donors (Lipinski definition) is 2. The Labute approximate surface area is 86.1 Å². The molecule has 0 spiro atoms. The van der Waals surface area contributed by atoms with E-state index >= 15 is 0 Å². The number of aliphatic carboxylic acids is 1. The molecule has 0 amide bonds. The minimum Gasteiger partial charge on any atom is -0.480 e. The molecule has 0 saturated heterocycles. The summed E-state index contributed by atoms with van der Waals surface area (Å²) < 4.78 is 0. The van der Waals surface area contributed by atoms with Gasteiger partial charge in [-0.15, -0.1) is 0 Å². The third-order valence-corrected chi connectivity index (χ3v) is 2.08. The average Bonchev–Trinajstić information content (AvgIpc) is 2.01. The topological polar surface area (TPSA) is 66.6 Å². The summed E-state index contributed by atoms with van der Waals surface area (Å²) in [6.45, 7) is 9.64. The zero-order valence-corrected chi connectivity index (χ0v) is 9.53. The molecule has 14 heavy (non-hydrogen) atoms. The summed E-state index contributed by atoms with van der Waals surface area (Å²) in [5.41, 5.74) is 5.49. The number of carboxylic acids is 1. The van der Waals surface area contributed by atoms with Crippen molar-refractivity contribution < 1.29 is 9.90 Å². The van der Waals surface area contributed by atoms with Crippen molar-refractivity contribution in [1.29, 1.82) is 0 Å². The summed E-state index contributed by atoms with van der Waals surface area (Å²) in [4.78, 5) is 12.7. The molecule has 0 aliphatic rings. The smallest absolute Gasteiger partial charge is 0.321 e. The van der Waals surface area contributed by atoms with Gasteiger partial charge >= 0.3 is 5.97 Å². The summed E-state index contributed by atoms with van der Waals surface area (Å²) in [6, 6.07) is -0.445. The maximum atomic E-state index is 10.6. The molecule has 3 N–H and O–H groups in total. The van der Waals surface area contributed by atoms with E-state index in [0.29, 0.717) is 18.5 Å². The Morgan fingerprint density at radius 2 is 1.79 bits per heavy atom. The maximum absolute atomic E-state index is 10.6. The third kappa shape index (κ3) is 5.19. The van der Waals surface area contributed by atoms with Gasteiger partial charge in [0.2, 0.25) is 0 Å². The number of hydrogen-bond acceptors (Lipinski definition) is 3. The molecular weight excluding hydrogens is 180 g/mol. The van der Waals surface area contributed by atoms with Crippen LogP contribution in [0.4, 0.5) is 0 Å². The molecule has 0 aromatic rings. The predicted molar refractivity (Wildman–Crippen MR) is 57.2 cm³/mol. The molecule has 0 bridgehead atoms. The fourth-order valence-electron chi connectivity index (χ4n) is 1.30. The van der Waals surface area contributed by atoms with Crippen molar-refractivity contribution in [3.63, 3.8) is 0 Å². The summed E-state index contributed by atoms with van der Waals surface area (Å²) in [7, 11) is 0. The highest BCUT2D eigenvalue weighted by Gasteiger charge is 2.19. The Morgan fingerprint density at radius 3 is 2.07 bits per heavy atom. The second kappa shape index (κ2) is 5.98. The second-order valence-corrected chi connectivity index (χ2v) is 4.39. The van der Waals surface area contributed by atoms with Gasteiger partial charge in [0, 0.05) is 19.1 Å². The lowest BCUT2D eigenvalue weighted by Gasteiger charge is -2.29. The normalized spacial score (nSPS) is 14.0. The lowest BCUT2D eigenvalue weighted by molar-refractivity contribution is -0.139. The molecule has 0 fully saturated rings. The van der Waals surface area contributed by atoms with Crippen LogP contribution in [0.15, 0.2) is 0 Å². The fraction of sp³-hybridized carbons (Fsp3) is 0.900. The fourth-order valence-corrected chi connectivity index (χ4v) is 1.30.